The molecule has 0 amide bonds. The van der Waals surface area contributed by atoms with Gasteiger partial charge in [-0.3, -0.25) is 4.79 Å². The minimum Gasteiger partial charge on any atom is -0.393 e. The molecule has 0 heterocycles. The number of aliphatic hydroxyl groups excluding tert-OH is 1. The Hall–Kier alpha value is -0.410. The largest absolute Gasteiger partial charge is 0.393 e. The van der Waals surface area contributed by atoms with Crippen LogP contribution in [0.5, 0.6) is 0 Å². The van der Waals surface area contributed by atoms with E-state index in [0.29, 0.717) is 30.0 Å². The Bertz CT molecular complexity index is 568. The van der Waals surface area contributed by atoms with E-state index in [1.807, 2.05) is 13.8 Å². The smallest absolute Gasteiger partial charge is 0.137 e. The Morgan fingerprint density at radius 3 is 2.44 bits per heavy atom. The van der Waals surface area contributed by atoms with Gasteiger partial charge in [0.1, 0.15) is 5.78 Å². The van der Waals surface area contributed by atoms with Crippen LogP contribution in [0.25, 0.3) is 0 Å². The van der Waals surface area contributed by atoms with E-state index in [4.69, 9.17) is 0 Å². The molecule has 0 aromatic heterocycles. The SMILES string of the molecule is CC(O)[C@H]1CC[C@H]2[C@@H]3CC[C@H]4C[C@](C)(O)CC[C@]4(C)[C@H]3C(=O)C[C@]12C. The van der Waals surface area contributed by atoms with Crippen LogP contribution in [0.3, 0.4) is 0 Å². The van der Waals surface area contributed by atoms with Crippen molar-refractivity contribution in [1.29, 1.82) is 0 Å². The van der Waals surface area contributed by atoms with Crippen molar-refractivity contribution in [2.45, 2.75) is 90.8 Å². The van der Waals surface area contributed by atoms with Gasteiger partial charge in [0.2, 0.25) is 0 Å². The second-order valence-corrected chi connectivity index (χ2v) is 10.8. The Labute approximate surface area is 152 Å². The fourth-order valence-electron chi connectivity index (χ4n) is 8.08. The Morgan fingerprint density at radius 1 is 1.04 bits per heavy atom. The predicted molar refractivity (Wildman–Crippen MR) is 97.9 cm³/mol. The van der Waals surface area contributed by atoms with Gasteiger partial charge in [0.05, 0.1) is 11.7 Å². The molecule has 2 N–H and O–H groups in total. The van der Waals surface area contributed by atoms with Crippen LogP contribution in [-0.2, 0) is 4.79 Å². The zero-order valence-corrected chi connectivity index (χ0v) is 16.4. The molecule has 25 heavy (non-hydrogen) atoms. The molecule has 0 bridgehead atoms. The molecule has 4 fully saturated rings. The summed E-state index contributed by atoms with van der Waals surface area (Å²) in [6, 6.07) is 0. The van der Waals surface area contributed by atoms with E-state index in [9.17, 15) is 15.0 Å². The van der Waals surface area contributed by atoms with Crippen molar-refractivity contribution in [3.63, 3.8) is 0 Å². The van der Waals surface area contributed by atoms with Gasteiger partial charge in [-0.2, -0.15) is 0 Å². The topological polar surface area (TPSA) is 57.5 Å². The molecule has 0 spiro atoms. The highest BCUT2D eigenvalue weighted by atomic mass is 16.3. The molecular formula is C22H36O3. The monoisotopic (exact) mass is 348 g/mol. The number of ketones is 1. The summed E-state index contributed by atoms with van der Waals surface area (Å²) in [5.74, 6) is 2.51. The lowest BCUT2D eigenvalue weighted by atomic mass is 9.43. The molecule has 4 rings (SSSR count). The summed E-state index contributed by atoms with van der Waals surface area (Å²) in [6.45, 7) is 8.53. The fraction of sp³-hybridized carbons (Fsp3) is 0.955. The van der Waals surface area contributed by atoms with Gasteiger partial charge in [-0.1, -0.05) is 13.8 Å². The van der Waals surface area contributed by atoms with Crippen molar-refractivity contribution in [1.82, 2.24) is 0 Å². The average Bonchev–Trinajstić information content (AvgIpc) is 2.84. The summed E-state index contributed by atoms with van der Waals surface area (Å²) in [5.41, 5.74) is -0.476. The molecule has 0 aliphatic heterocycles. The summed E-state index contributed by atoms with van der Waals surface area (Å²) in [7, 11) is 0. The first-order valence-electron chi connectivity index (χ1n) is 10.5. The second kappa shape index (κ2) is 5.55. The van der Waals surface area contributed by atoms with Gasteiger partial charge in [0, 0.05) is 12.3 Å². The van der Waals surface area contributed by atoms with E-state index in [1.54, 1.807) is 0 Å². The normalized spacial score (nSPS) is 56.7. The highest BCUT2D eigenvalue weighted by molar-refractivity contribution is 5.84. The maximum Gasteiger partial charge on any atom is 0.137 e. The van der Waals surface area contributed by atoms with Gasteiger partial charge in [0.25, 0.3) is 0 Å². The molecule has 4 aliphatic rings. The van der Waals surface area contributed by atoms with Gasteiger partial charge in [-0.15, -0.1) is 0 Å². The standard InChI is InChI=1S/C22H36O3/c1-13(23)16-7-8-17-15-6-5-14-11-20(2,25)9-10-21(14,3)19(15)18(24)12-22(16,17)4/h13-17,19,23,25H,5-12H2,1-4H3/t13?,14-,15-,16+,17-,19+,20+,21-,22+/m0/s1. The minimum absolute atomic E-state index is 0.00419. The highest BCUT2D eigenvalue weighted by Crippen LogP contribution is 2.67. The Morgan fingerprint density at radius 2 is 1.76 bits per heavy atom. The maximum atomic E-state index is 13.4. The van der Waals surface area contributed by atoms with Gasteiger partial charge in [-0.25, -0.2) is 0 Å². The van der Waals surface area contributed by atoms with E-state index >= 15 is 0 Å². The number of hydrogen-bond donors (Lipinski definition) is 2. The quantitative estimate of drug-likeness (QED) is 0.754. The molecule has 0 radical (unpaired) electrons. The van der Waals surface area contributed by atoms with Crippen LogP contribution in [0.2, 0.25) is 0 Å². The Kier molecular flexibility index (Phi) is 3.99. The van der Waals surface area contributed by atoms with E-state index in [2.05, 4.69) is 13.8 Å². The number of Topliss-reactive ketones (excluding diaryl/α,β-unsaturated/α-hetero) is 1. The van der Waals surface area contributed by atoms with Gasteiger partial charge < -0.3 is 10.2 Å². The minimum atomic E-state index is -0.548. The lowest BCUT2D eigenvalue weighted by Gasteiger charge is -2.61. The van der Waals surface area contributed by atoms with Crippen molar-refractivity contribution in [3.05, 3.63) is 0 Å². The lowest BCUT2D eigenvalue weighted by Crippen LogP contribution is -2.59. The van der Waals surface area contributed by atoms with Gasteiger partial charge in [0.15, 0.2) is 0 Å². The third kappa shape index (κ3) is 2.48. The summed E-state index contributed by atoms with van der Waals surface area (Å²) < 4.78 is 0. The van der Waals surface area contributed by atoms with E-state index < -0.39 is 5.60 Å². The van der Waals surface area contributed by atoms with Crippen LogP contribution in [0.4, 0.5) is 0 Å². The van der Waals surface area contributed by atoms with Crippen molar-refractivity contribution in [2.75, 3.05) is 0 Å². The van der Waals surface area contributed by atoms with Crippen molar-refractivity contribution in [2.24, 2.45) is 40.4 Å². The van der Waals surface area contributed by atoms with Crippen LogP contribution in [0, 0.1) is 40.4 Å². The number of rotatable bonds is 1. The molecule has 4 saturated carbocycles. The van der Waals surface area contributed by atoms with E-state index in [0.717, 1.165) is 38.5 Å². The molecule has 3 nitrogen and oxygen atoms in total. The van der Waals surface area contributed by atoms with Crippen LogP contribution in [-0.4, -0.2) is 27.7 Å². The lowest BCUT2D eigenvalue weighted by molar-refractivity contribution is -0.169. The van der Waals surface area contributed by atoms with Gasteiger partial charge >= 0.3 is 0 Å². The molecule has 142 valence electrons. The number of aliphatic hydroxyl groups is 2. The zero-order chi connectivity index (χ0) is 18.2. The third-order valence-electron chi connectivity index (χ3n) is 9.29. The maximum absolute atomic E-state index is 13.4. The van der Waals surface area contributed by atoms with E-state index in [-0.39, 0.29) is 28.8 Å². The van der Waals surface area contributed by atoms with Gasteiger partial charge in [-0.05, 0) is 93.3 Å². The predicted octanol–water partition coefficient (Wildman–Crippen LogP) is 3.96. The highest BCUT2D eigenvalue weighted by Gasteiger charge is 2.64. The second-order valence-electron chi connectivity index (χ2n) is 10.8. The molecule has 0 saturated heterocycles. The zero-order valence-electron chi connectivity index (χ0n) is 16.4. The van der Waals surface area contributed by atoms with Crippen molar-refractivity contribution < 1.29 is 15.0 Å². The molecule has 0 aromatic carbocycles. The number of hydrogen-bond acceptors (Lipinski definition) is 3. The Balaban J connectivity index is 1.67. The van der Waals surface area contributed by atoms with Crippen molar-refractivity contribution in [3.8, 4) is 0 Å². The summed E-state index contributed by atoms with van der Waals surface area (Å²) >= 11 is 0. The van der Waals surface area contributed by atoms with Crippen LogP contribution in [0.15, 0.2) is 0 Å². The molecule has 4 aliphatic carbocycles. The summed E-state index contributed by atoms with van der Waals surface area (Å²) in [6.07, 6.45) is 7.58. The number of fused-ring (bicyclic) bond motifs is 5. The first-order valence-corrected chi connectivity index (χ1v) is 10.5. The first-order chi connectivity index (χ1) is 11.6. The molecule has 3 heteroatoms. The average molecular weight is 349 g/mol. The third-order valence-corrected chi connectivity index (χ3v) is 9.29. The molecule has 1 unspecified atom stereocenters. The van der Waals surface area contributed by atoms with Crippen LogP contribution >= 0.6 is 0 Å². The van der Waals surface area contributed by atoms with Crippen LogP contribution in [0.1, 0.15) is 79.1 Å². The number of carbonyl (C=O) groups is 1. The molecular weight excluding hydrogens is 312 g/mol. The summed E-state index contributed by atoms with van der Waals surface area (Å²) in [4.78, 5) is 13.4. The summed E-state index contributed by atoms with van der Waals surface area (Å²) in [5, 5.41) is 20.9. The molecule has 0 aromatic rings. The molecule has 9 atom stereocenters. The number of carbonyl (C=O) groups excluding carboxylic acids is 1. The fourth-order valence-corrected chi connectivity index (χ4v) is 8.08. The van der Waals surface area contributed by atoms with E-state index in [1.165, 1.54) is 6.42 Å². The van der Waals surface area contributed by atoms with Crippen molar-refractivity contribution >= 4 is 5.78 Å². The first kappa shape index (κ1) is 18.0. The van der Waals surface area contributed by atoms with Crippen LogP contribution < -0.4 is 0 Å².